The van der Waals surface area contributed by atoms with E-state index < -0.39 is 0 Å². The van der Waals surface area contributed by atoms with E-state index in [0.29, 0.717) is 0 Å². The van der Waals surface area contributed by atoms with E-state index in [9.17, 15) is 4.79 Å². The quantitative estimate of drug-likeness (QED) is 0.720. The highest BCUT2D eigenvalue weighted by Gasteiger charge is 2.22. The zero-order chi connectivity index (χ0) is 15.8. The fourth-order valence-electron chi connectivity index (χ4n) is 2.55. The number of anilines is 1. The lowest BCUT2D eigenvalue weighted by Crippen LogP contribution is -2.35. The molecule has 2 aromatic carbocycles. The number of carbonyl (C=O) groups excluding carboxylic acids is 1. The second-order valence-corrected chi connectivity index (χ2v) is 6.19. The van der Waals surface area contributed by atoms with Crippen LogP contribution in [-0.2, 0) is 4.79 Å². The number of nitrogens with zero attached hydrogens (tertiary/aromatic N) is 2. The van der Waals surface area contributed by atoms with E-state index in [4.69, 9.17) is 9.72 Å². The third-order valence-electron chi connectivity index (χ3n) is 3.87. The van der Waals surface area contributed by atoms with Gasteiger partial charge in [0.2, 0.25) is 0 Å². The number of carbonyl (C=O) groups is 1. The highest BCUT2D eigenvalue weighted by Crippen LogP contribution is 2.36. The predicted octanol–water partition coefficient (Wildman–Crippen LogP) is 3.83. The monoisotopic (exact) mass is 322 g/mol. The molecule has 1 aliphatic heterocycles. The van der Waals surface area contributed by atoms with Gasteiger partial charge in [0, 0.05) is 23.6 Å². The summed E-state index contributed by atoms with van der Waals surface area (Å²) >= 11 is 1.61. The first kappa shape index (κ1) is 14.0. The zero-order valence-corrected chi connectivity index (χ0v) is 13.3. The maximum atomic E-state index is 11.8. The molecule has 1 aromatic heterocycles. The number of benzene rings is 2. The highest BCUT2D eigenvalue weighted by atomic mass is 32.1. The number of aromatic nitrogens is 1. The smallest absolute Gasteiger partial charge is 0.264 e. The van der Waals surface area contributed by atoms with Crippen molar-refractivity contribution in [2.45, 2.75) is 0 Å². The van der Waals surface area contributed by atoms with Crippen molar-refractivity contribution in [3.63, 3.8) is 0 Å². The summed E-state index contributed by atoms with van der Waals surface area (Å²) in [5.41, 5.74) is 3.78. The van der Waals surface area contributed by atoms with Crippen LogP contribution in [0.1, 0.15) is 0 Å². The van der Waals surface area contributed by atoms with Crippen molar-refractivity contribution in [1.82, 2.24) is 4.98 Å². The Hall–Kier alpha value is -2.66. The van der Waals surface area contributed by atoms with Gasteiger partial charge in [-0.05, 0) is 18.2 Å². The lowest BCUT2D eigenvalue weighted by atomic mass is 10.1. The van der Waals surface area contributed by atoms with E-state index in [1.54, 1.807) is 23.3 Å². The number of thiazole rings is 1. The van der Waals surface area contributed by atoms with E-state index in [1.165, 1.54) is 0 Å². The van der Waals surface area contributed by atoms with E-state index in [1.807, 2.05) is 41.8 Å². The Kier molecular flexibility index (Phi) is 3.35. The van der Waals surface area contributed by atoms with Gasteiger partial charge in [0.15, 0.2) is 6.61 Å². The van der Waals surface area contributed by atoms with Crippen molar-refractivity contribution in [2.75, 3.05) is 18.6 Å². The summed E-state index contributed by atoms with van der Waals surface area (Å²) in [5, 5.41) is 3.02. The first-order chi connectivity index (χ1) is 11.2. The summed E-state index contributed by atoms with van der Waals surface area (Å²) in [7, 11) is 1.77. The number of fused-ring (bicyclic) bond motifs is 1. The van der Waals surface area contributed by atoms with Gasteiger partial charge in [-0.15, -0.1) is 11.3 Å². The molecule has 0 saturated heterocycles. The summed E-state index contributed by atoms with van der Waals surface area (Å²) in [6.45, 7) is 0.0949. The first-order valence-electron chi connectivity index (χ1n) is 7.27. The minimum Gasteiger partial charge on any atom is -0.482 e. The van der Waals surface area contributed by atoms with Gasteiger partial charge >= 0.3 is 0 Å². The molecule has 4 rings (SSSR count). The van der Waals surface area contributed by atoms with Crippen LogP contribution in [-0.4, -0.2) is 24.5 Å². The number of likely N-dealkylation sites (N-methyl/N-ethyl adjacent to an activating group) is 1. The van der Waals surface area contributed by atoms with E-state index >= 15 is 0 Å². The van der Waals surface area contributed by atoms with Crippen LogP contribution in [0, 0.1) is 0 Å². The number of hydrogen-bond donors (Lipinski definition) is 0. The van der Waals surface area contributed by atoms with Gasteiger partial charge in [-0.1, -0.05) is 30.3 Å². The fraction of sp³-hybridized carbons (Fsp3) is 0.111. The summed E-state index contributed by atoms with van der Waals surface area (Å²) in [4.78, 5) is 18.1. The minimum absolute atomic E-state index is 0.0436. The lowest BCUT2D eigenvalue weighted by Gasteiger charge is -2.26. The van der Waals surface area contributed by atoms with E-state index in [-0.39, 0.29) is 12.5 Å². The molecule has 23 heavy (non-hydrogen) atoms. The molecule has 0 saturated carbocycles. The maximum absolute atomic E-state index is 11.8. The zero-order valence-electron chi connectivity index (χ0n) is 12.5. The largest absolute Gasteiger partial charge is 0.482 e. The number of rotatable bonds is 2. The normalized spacial score (nSPS) is 13.6. The summed E-state index contributed by atoms with van der Waals surface area (Å²) in [6, 6.07) is 15.9. The van der Waals surface area contributed by atoms with Crippen LogP contribution in [0.5, 0.6) is 5.75 Å². The Morgan fingerprint density at radius 2 is 1.96 bits per heavy atom. The van der Waals surface area contributed by atoms with Crippen LogP contribution in [0.3, 0.4) is 0 Å². The molecule has 114 valence electrons. The molecule has 3 aromatic rings. The molecule has 0 fully saturated rings. The third-order valence-corrected chi connectivity index (χ3v) is 4.76. The Labute approximate surface area is 138 Å². The average molecular weight is 322 g/mol. The number of hydrogen-bond acceptors (Lipinski definition) is 4. The van der Waals surface area contributed by atoms with Crippen molar-refractivity contribution in [2.24, 2.45) is 0 Å². The van der Waals surface area contributed by atoms with Crippen LogP contribution in [0.2, 0.25) is 0 Å². The molecule has 2 heterocycles. The average Bonchev–Trinajstić information content (AvgIpc) is 3.09. The Morgan fingerprint density at radius 3 is 2.78 bits per heavy atom. The second-order valence-electron chi connectivity index (χ2n) is 5.33. The second kappa shape index (κ2) is 5.52. The van der Waals surface area contributed by atoms with Gasteiger partial charge in [0.05, 0.1) is 11.4 Å². The van der Waals surface area contributed by atoms with Gasteiger partial charge in [0.1, 0.15) is 10.8 Å². The van der Waals surface area contributed by atoms with E-state index in [2.05, 4.69) is 12.1 Å². The minimum atomic E-state index is -0.0436. The first-order valence-corrected chi connectivity index (χ1v) is 8.15. The molecule has 1 amide bonds. The Bertz CT molecular complexity index is 874. The maximum Gasteiger partial charge on any atom is 0.264 e. The van der Waals surface area contributed by atoms with Crippen LogP contribution in [0.25, 0.3) is 21.8 Å². The van der Waals surface area contributed by atoms with Crippen molar-refractivity contribution >= 4 is 22.9 Å². The molecule has 5 heteroatoms. The molecule has 1 aliphatic rings. The predicted molar refractivity (Wildman–Crippen MR) is 91.9 cm³/mol. The molecule has 0 bridgehead atoms. The number of ether oxygens (including phenoxy) is 1. The van der Waals surface area contributed by atoms with Crippen molar-refractivity contribution in [1.29, 1.82) is 0 Å². The summed E-state index contributed by atoms with van der Waals surface area (Å²) < 4.78 is 5.46. The van der Waals surface area contributed by atoms with Crippen LogP contribution in [0.15, 0.2) is 53.9 Å². The fourth-order valence-corrected chi connectivity index (χ4v) is 3.39. The SMILES string of the molecule is CN1C(=O)COc2ccc(-c3csc(-c4ccccc4)n3)cc21. The lowest BCUT2D eigenvalue weighted by molar-refractivity contribution is -0.120. The topological polar surface area (TPSA) is 42.4 Å². The van der Waals surface area contributed by atoms with Crippen molar-refractivity contribution in [3.8, 4) is 27.6 Å². The van der Waals surface area contributed by atoms with Gasteiger partial charge in [-0.2, -0.15) is 0 Å². The molecule has 0 unspecified atom stereocenters. The van der Waals surface area contributed by atoms with Gasteiger partial charge in [-0.3, -0.25) is 4.79 Å². The van der Waals surface area contributed by atoms with Gasteiger partial charge in [0.25, 0.3) is 5.91 Å². The molecule has 0 atom stereocenters. The van der Waals surface area contributed by atoms with Crippen LogP contribution in [0.4, 0.5) is 5.69 Å². The highest BCUT2D eigenvalue weighted by molar-refractivity contribution is 7.13. The summed E-state index contributed by atoms with van der Waals surface area (Å²) in [5.74, 6) is 0.687. The van der Waals surface area contributed by atoms with Crippen LogP contribution >= 0.6 is 11.3 Å². The molecule has 0 N–H and O–H groups in total. The Balaban J connectivity index is 1.72. The molecular formula is C18H14N2O2S. The van der Waals surface area contributed by atoms with Gasteiger partial charge in [-0.25, -0.2) is 4.98 Å². The summed E-state index contributed by atoms with van der Waals surface area (Å²) in [6.07, 6.45) is 0. The van der Waals surface area contributed by atoms with E-state index in [0.717, 1.165) is 33.3 Å². The standard InChI is InChI=1S/C18H14N2O2S/c1-20-15-9-13(7-8-16(15)22-10-17(20)21)14-11-23-18(19-14)12-5-3-2-4-6-12/h2-9,11H,10H2,1H3. The van der Waals surface area contributed by atoms with Crippen molar-refractivity contribution < 1.29 is 9.53 Å². The molecular weight excluding hydrogens is 308 g/mol. The molecule has 4 nitrogen and oxygen atoms in total. The Morgan fingerprint density at radius 1 is 1.13 bits per heavy atom. The molecule has 0 aliphatic carbocycles. The van der Waals surface area contributed by atoms with Gasteiger partial charge < -0.3 is 9.64 Å². The number of amides is 1. The third kappa shape index (κ3) is 2.49. The van der Waals surface area contributed by atoms with Crippen LogP contribution < -0.4 is 9.64 Å². The molecule has 0 radical (unpaired) electrons. The van der Waals surface area contributed by atoms with Crippen molar-refractivity contribution in [3.05, 3.63) is 53.9 Å². The molecule has 0 spiro atoms.